The monoisotopic (exact) mass is 423 g/mol. The number of hydrogen-bond donors (Lipinski definition) is 1. The number of methoxy groups -OCH3 is 1. The van der Waals surface area contributed by atoms with Crippen LogP contribution in [0, 0.1) is 0 Å². The average molecular weight is 424 g/mol. The molecule has 136 valence electrons. The molecule has 0 unspecified atom stereocenters. The van der Waals surface area contributed by atoms with E-state index in [0.29, 0.717) is 5.69 Å². The number of rotatable bonds is 4. The van der Waals surface area contributed by atoms with Gasteiger partial charge >= 0.3 is 5.97 Å². The zero-order valence-electron chi connectivity index (χ0n) is 15.0. The fraction of sp³-hybridized carbons (Fsp3) is 0.0909. The van der Waals surface area contributed by atoms with Crippen LogP contribution in [0.15, 0.2) is 71.2 Å². The standard InChI is InChI=1S/C22H18BrNO3/c1-14(16-8-7-15-5-3-4-6-17(15)12-16)11-21(25)24-20-10-9-18(23)13-19(20)22(26)27-2/h3-13H,1-2H3,(H,24,25)/b14-11-. The number of carbonyl (C=O) groups excluding carboxylic acids is 2. The minimum absolute atomic E-state index is 0.289. The van der Waals surface area contributed by atoms with Crippen molar-refractivity contribution in [2.75, 3.05) is 12.4 Å². The number of ether oxygens (including phenoxy) is 1. The van der Waals surface area contributed by atoms with Crippen molar-refractivity contribution in [3.63, 3.8) is 0 Å². The van der Waals surface area contributed by atoms with E-state index in [9.17, 15) is 9.59 Å². The molecule has 0 aromatic heterocycles. The Morgan fingerprint density at radius 2 is 1.74 bits per heavy atom. The number of carbonyl (C=O) groups is 2. The van der Waals surface area contributed by atoms with Crippen LogP contribution < -0.4 is 5.32 Å². The Hall–Kier alpha value is -2.92. The van der Waals surface area contributed by atoms with Gasteiger partial charge in [0.15, 0.2) is 0 Å². The fourth-order valence-electron chi connectivity index (χ4n) is 2.79. The molecule has 0 aliphatic heterocycles. The molecule has 0 aliphatic carbocycles. The molecule has 0 saturated carbocycles. The van der Waals surface area contributed by atoms with Gasteiger partial charge in [0.1, 0.15) is 0 Å². The predicted octanol–water partition coefficient (Wildman–Crippen LogP) is 5.43. The smallest absolute Gasteiger partial charge is 0.340 e. The molecule has 0 atom stereocenters. The van der Waals surface area contributed by atoms with E-state index in [4.69, 9.17) is 4.74 Å². The summed E-state index contributed by atoms with van der Waals surface area (Å²) in [6.07, 6.45) is 1.52. The highest BCUT2D eigenvalue weighted by molar-refractivity contribution is 9.10. The minimum atomic E-state index is -0.512. The second-order valence-corrected chi connectivity index (χ2v) is 6.98. The molecule has 0 bridgehead atoms. The van der Waals surface area contributed by atoms with Gasteiger partial charge in [0, 0.05) is 10.5 Å². The van der Waals surface area contributed by atoms with Crippen LogP contribution in [0.5, 0.6) is 0 Å². The highest BCUT2D eigenvalue weighted by Crippen LogP contribution is 2.23. The maximum absolute atomic E-state index is 12.5. The van der Waals surface area contributed by atoms with Gasteiger partial charge in [0.2, 0.25) is 5.91 Å². The van der Waals surface area contributed by atoms with Gasteiger partial charge < -0.3 is 10.1 Å². The van der Waals surface area contributed by atoms with Crippen LogP contribution in [0.1, 0.15) is 22.8 Å². The van der Waals surface area contributed by atoms with Crippen LogP contribution in [0.25, 0.3) is 16.3 Å². The zero-order chi connectivity index (χ0) is 19.4. The number of benzene rings is 3. The van der Waals surface area contributed by atoms with E-state index in [-0.39, 0.29) is 11.5 Å². The molecule has 0 fully saturated rings. The quantitative estimate of drug-likeness (QED) is 0.449. The lowest BCUT2D eigenvalue weighted by Gasteiger charge is -2.10. The van der Waals surface area contributed by atoms with Gasteiger partial charge in [-0.15, -0.1) is 0 Å². The first-order valence-electron chi connectivity index (χ1n) is 8.34. The molecule has 0 heterocycles. The number of hydrogen-bond acceptors (Lipinski definition) is 3. The van der Waals surface area contributed by atoms with Crippen LogP contribution in [0.2, 0.25) is 0 Å². The second kappa shape index (κ2) is 8.18. The minimum Gasteiger partial charge on any atom is -0.465 e. The highest BCUT2D eigenvalue weighted by Gasteiger charge is 2.14. The molecule has 0 radical (unpaired) electrons. The van der Waals surface area contributed by atoms with Crippen molar-refractivity contribution >= 4 is 49.8 Å². The largest absolute Gasteiger partial charge is 0.465 e. The first-order valence-corrected chi connectivity index (χ1v) is 9.13. The van der Waals surface area contributed by atoms with E-state index in [1.807, 2.05) is 49.4 Å². The molecule has 0 saturated heterocycles. The summed E-state index contributed by atoms with van der Waals surface area (Å²) in [6.45, 7) is 1.88. The Morgan fingerprint density at radius 3 is 2.48 bits per heavy atom. The molecular weight excluding hydrogens is 406 g/mol. The van der Waals surface area contributed by atoms with Gasteiger partial charge in [0.05, 0.1) is 18.4 Å². The lowest BCUT2D eigenvalue weighted by Crippen LogP contribution is -2.13. The van der Waals surface area contributed by atoms with Crippen molar-refractivity contribution in [3.8, 4) is 0 Å². The van der Waals surface area contributed by atoms with E-state index in [1.54, 1.807) is 18.2 Å². The van der Waals surface area contributed by atoms with Crippen LogP contribution in [-0.4, -0.2) is 19.0 Å². The second-order valence-electron chi connectivity index (χ2n) is 6.06. The Morgan fingerprint density at radius 1 is 1.00 bits per heavy atom. The lowest BCUT2D eigenvalue weighted by atomic mass is 10.0. The SMILES string of the molecule is COC(=O)c1cc(Br)ccc1NC(=O)/C=C(/C)c1ccc2ccccc2c1. The van der Waals surface area contributed by atoms with Crippen LogP contribution in [0.3, 0.4) is 0 Å². The predicted molar refractivity (Wildman–Crippen MR) is 112 cm³/mol. The Labute approximate surface area is 166 Å². The third-order valence-electron chi connectivity index (χ3n) is 4.20. The van der Waals surface area contributed by atoms with Crippen LogP contribution in [0.4, 0.5) is 5.69 Å². The molecule has 3 rings (SSSR count). The number of halogens is 1. The number of esters is 1. The topological polar surface area (TPSA) is 55.4 Å². The Bertz CT molecular complexity index is 1060. The van der Waals surface area contributed by atoms with Crippen LogP contribution >= 0.6 is 15.9 Å². The van der Waals surface area contributed by atoms with Crippen molar-refractivity contribution in [2.45, 2.75) is 6.92 Å². The summed E-state index contributed by atoms with van der Waals surface area (Å²) >= 11 is 3.32. The first-order chi connectivity index (χ1) is 13.0. The third-order valence-corrected chi connectivity index (χ3v) is 4.69. The van der Waals surface area contributed by atoms with E-state index in [2.05, 4.69) is 21.2 Å². The van der Waals surface area contributed by atoms with Gasteiger partial charge in [-0.05, 0) is 53.1 Å². The molecule has 1 amide bonds. The van der Waals surface area contributed by atoms with Crippen molar-refractivity contribution in [1.29, 1.82) is 0 Å². The first kappa shape index (κ1) is 18.9. The molecule has 3 aromatic rings. The summed E-state index contributed by atoms with van der Waals surface area (Å²) in [6, 6.07) is 19.2. The molecule has 0 spiro atoms. The maximum Gasteiger partial charge on any atom is 0.340 e. The summed E-state index contributed by atoms with van der Waals surface area (Å²) in [4.78, 5) is 24.4. The molecule has 0 aliphatic rings. The Balaban J connectivity index is 1.84. The Kier molecular flexibility index (Phi) is 5.72. The lowest BCUT2D eigenvalue weighted by molar-refractivity contribution is -0.111. The van der Waals surface area contributed by atoms with E-state index in [1.165, 1.54) is 13.2 Å². The summed E-state index contributed by atoms with van der Waals surface area (Å²) in [5, 5.41) is 5.02. The maximum atomic E-state index is 12.5. The van der Waals surface area contributed by atoms with E-state index >= 15 is 0 Å². The van der Waals surface area contributed by atoms with Crippen molar-refractivity contribution < 1.29 is 14.3 Å². The molecule has 3 aromatic carbocycles. The molecule has 27 heavy (non-hydrogen) atoms. The fourth-order valence-corrected chi connectivity index (χ4v) is 3.15. The van der Waals surface area contributed by atoms with Gasteiger partial charge in [-0.25, -0.2) is 4.79 Å². The van der Waals surface area contributed by atoms with Crippen molar-refractivity contribution in [2.24, 2.45) is 0 Å². The number of allylic oxidation sites excluding steroid dienone is 1. The molecule has 4 nitrogen and oxygen atoms in total. The summed E-state index contributed by atoms with van der Waals surface area (Å²) < 4.78 is 5.50. The summed E-state index contributed by atoms with van der Waals surface area (Å²) in [7, 11) is 1.30. The van der Waals surface area contributed by atoms with Gasteiger partial charge in [-0.1, -0.05) is 52.3 Å². The number of fused-ring (bicyclic) bond motifs is 1. The molecule has 5 heteroatoms. The number of anilines is 1. The molecular formula is C22H18BrNO3. The van der Waals surface area contributed by atoms with E-state index in [0.717, 1.165) is 26.4 Å². The normalized spacial score (nSPS) is 11.3. The van der Waals surface area contributed by atoms with Gasteiger partial charge in [0.25, 0.3) is 0 Å². The summed E-state index contributed by atoms with van der Waals surface area (Å²) in [5.74, 6) is -0.824. The van der Waals surface area contributed by atoms with Gasteiger partial charge in [-0.3, -0.25) is 4.79 Å². The number of nitrogens with one attached hydrogen (secondary N) is 1. The molecule has 1 N–H and O–H groups in total. The summed E-state index contributed by atoms with van der Waals surface area (Å²) in [5.41, 5.74) is 2.48. The van der Waals surface area contributed by atoms with Gasteiger partial charge in [-0.2, -0.15) is 0 Å². The average Bonchev–Trinajstić information content (AvgIpc) is 2.68. The third kappa shape index (κ3) is 4.44. The van der Waals surface area contributed by atoms with Crippen molar-refractivity contribution in [3.05, 3.63) is 82.3 Å². The highest BCUT2D eigenvalue weighted by atomic mass is 79.9. The van der Waals surface area contributed by atoms with Crippen molar-refractivity contribution in [1.82, 2.24) is 0 Å². The zero-order valence-corrected chi connectivity index (χ0v) is 16.5. The van der Waals surface area contributed by atoms with E-state index < -0.39 is 5.97 Å². The van der Waals surface area contributed by atoms with Crippen LogP contribution in [-0.2, 0) is 9.53 Å². The number of amides is 1.